The van der Waals surface area contributed by atoms with Gasteiger partial charge in [-0.3, -0.25) is 0 Å². The van der Waals surface area contributed by atoms with E-state index in [9.17, 15) is 9.59 Å². The van der Waals surface area contributed by atoms with Gasteiger partial charge < -0.3 is 14.8 Å². The van der Waals surface area contributed by atoms with E-state index in [0.717, 1.165) is 24.8 Å². The molecular weight excluding hydrogens is 306 g/mol. The molecule has 1 rings (SSSR count). The van der Waals surface area contributed by atoms with E-state index in [1.54, 1.807) is 0 Å². The zero-order valence-corrected chi connectivity index (χ0v) is 14.8. The zero-order chi connectivity index (χ0) is 17.6. The highest BCUT2D eigenvalue weighted by Crippen LogP contribution is 2.10. The Morgan fingerprint density at radius 2 is 1.71 bits per heavy atom. The molecule has 1 aromatic carbocycles. The Bertz CT molecular complexity index is 476. The molecule has 0 saturated heterocycles. The van der Waals surface area contributed by atoms with Crippen molar-refractivity contribution in [3.63, 3.8) is 0 Å². The molecule has 1 amide bonds. The Hall–Kier alpha value is -2.04. The predicted octanol–water partition coefficient (Wildman–Crippen LogP) is 4.21. The maximum atomic E-state index is 11.9. The lowest BCUT2D eigenvalue weighted by Gasteiger charge is -2.16. The molecule has 0 bridgehead atoms. The number of rotatable bonds is 11. The normalized spacial score (nSPS) is 11.6. The summed E-state index contributed by atoms with van der Waals surface area (Å²) < 4.78 is 9.92. The SMILES string of the molecule is CCCCCCCC[C@@H](NC(=O)OCc1ccccc1)C(=O)OC. The molecule has 0 unspecified atom stereocenters. The van der Waals surface area contributed by atoms with Crippen LogP contribution in [0.2, 0.25) is 0 Å². The van der Waals surface area contributed by atoms with Crippen LogP contribution in [0.1, 0.15) is 57.4 Å². The monoisotopic (exact) mass is 335 g/mol. The number of hydrogen-bond acceptors (Lipinski definition) is 4. The quantitative estimate of drug-likeness (QED) is 0.486. The molecule has 24 heavy (non-hydrogen) atoms. The first-order chi connectivity index (χ1) is 11.7. The molecule has 1 N–H and O–H groups in total. The van der Waals surface area contributed by atoms with Crippen molar-refractivity contribution in [2.45, 2.75) is 64.5 Å². The van der Waals surface area contributed by atoms with Crippen molar-refractivity contribution in [3.8, 4) is 0 Å². The molecule has 0 aliphatic carbocycles. The van der Waals surface area contributed by atoms with E-state index >= 15 is 0 Å². The molecule has 0 saturated carbocycles. The number of carbonyl (C=O) groups excluding carboxylic acids is 2. The highest BCUT2D eigenvalue weighted by Gasteiger charge is 2.21. The number of unbranched alkanes of at least 4 members (excludes halogenated alkanes) is 5. The zero-order valence-electron chi connectivity index (χ0n) is 14.8. The van der Waals surface area contributed by atoms with Gasteiger partial charge in [0, 0.05) is 0 Å². The maximum absolute atomic E-state index is 11.9. The molecule has 0 fully saturated rings. The Kier molecular flexibility index (Phi) is 10.3. The molecule has 0 aromatic heterocycles. The number of alkyl carbamates (subject to hydrolysis) is 1. The fraction of sp³-hybridized carbons (Fsp3) is 0.579. The molecule has 0 aliphatic rings. The van der Waals surface area contributed by atoms with Crippen molar-refractivity contribution >= 4 is 12.1 Å². The fourth-order valence-electron chi connectivity index (χ4n) is 2.43. The van der Waals surface area contributed by atoms with E-state index in [4.69, 9.17) is 9.47 Å². The van der Waals surface area contributed by atoms with Crippen molar-refractivity contribution in [1.29, 1.82) is 0 Å². The molecule has 5 nitrogen and oxygen atoms in total. The number of benzene rings is 1. The molecule has 5 heteroatoms. The first-order valence-electron chi connectivity index (χ1n) is 8.72. The van der Waals surface area contributed by atoms with Crippen molar-refractivity contribution in [2.75, 3.05) is 7.11 Å². The molecule has 134 valence electrons. The highest BCUT2D eigenvalue weighted by atomic mass is 16.6. The van der Waals surface area contributed by atoms with Gasteiger partial charge in [-0.05, 0) is 12.0 Å². The molecule has 0 aliphatic heterocycles. The molecule has 0 radical (unpaired) electrons. The summed E-state index contributed by atoms with van der Waals surface area (Å²) in [7, 11) is 1.33. The van der Waals surface area contributed by atoms with Crippen LogP contribution in [0.25, 0.3) is 0 Å². The van der Waals surface area contributed by atoms with Crippen LogP contribution >= 0.6 is 0 Å². The number of ether oxygens (including phenoxy) is 2. The third-order valence-corrected chi connectivity index (χ3v) is 3.84. The third kappa shape index (κ3) is 8.56. The van der Waals surface area contributed by atoms with E-state index in [0.29, 0.717) is 6.42 Å². The van der Waals surface area contributed by atoms with Gasteiger partial charge in [0.1, 0.15) is 12.6 Å². The minimum absolute atomic E-state index is 0.178. The van der Waals surface area contributed by atoms with Gasteiger partial charge in [-0.15, -0.1) is 0 Å². The summed E-state index contributed by atoms with van der Waals surface area (Å²) in [5, 5.41) is 2.60. The predicted molar refractivity (Wildman–Crippen MR) is 93.6 cm³/mol. The summed E-state index contributed by atoms with van der Waals surface area (Å²) in [4.78, 5) is 23.7. The Balaban J connectivity index is 2.33. The Morgan fingerprint density at radius 1 is 1.04 bits per heavy atom. The van der Waals surface area contributed by atoms with Gasteiger partial charge in [0.15, 0.2) is 0 Å². The standard InChI is InChI=1S/C19H29NO4/c1-3-4-5-6-7-11-14-17(18(21)23-2)20-19(22)24-15-16-12-9-8-10-13-16/h8-10,12-13,17H,3-7,11,14-15H2,1-2H3,(H,20,22)/t17-/m1/s1. The van der Waals surface area contributed by atoms with Crippen LogP contribution in [0.15, 0.2) is 30.3 Å². The number of hydrogen-bond donors (Lipinski definition) is 1. The van der Waals surface area contributed by atoms with E-state index in [2.05, 4.69) is 12.2 Å². The van der Waals surface area contributed by atoms with Crippen LogP contribution in [0.3, 0.4) is 0 Å². The van der Waals surface area contributed by atoms with E-state index in [1.807, 2.05) is 30.3 Å². The van der Waals surface area contributed by atoms with E-state index in [-0.39, 0.29) is 6.61 Å². The number of amides is 1. The van der Waals surface area contributed by atoms with Crippen LogP contribution in [-0.2, 0) is 20.9 Å². The third-order valence-electron chi connectivity index (χ3n) is 3.84. The van der Waals surface area contributed by atoms with Crippen LogP contribution in [0.5, 0.6) is 0 Å². The smallest absolute Gasteiger partial charge is 0.408 e. The van der Waals surface area contributed by atoms with Crippen LogP contribution in [0.4, 0.5) is 4.79 Å². The van der Waals surface area contributed by atoms with Crippen molar-refractivity contribution in [2.24, 2.45) is 0 Å². The van der Waals surface area contributed by atoms with Gasteiger partial charge in [0.25, 0.3) is 0 Å². The lowest BCUT2D eigenvalue weighted by molar-refractivity contribution is -0.143. The molecule has 1 aromatic rings. The summed E-state index contributed by atoms with van der Waals surface area (Å²) in [6.07, 6.45) is 6.71. The largest absolute Gasteiger partial charge is 0.467 e. The van der Waals surface area contributed by atoms with Crippen molar-refractivity contribution in [1.82, 2.24) is 5.32 Å². The average molecular weight is 335 g/mol. The van der Waals surface area contributed by atoms with Gasteiger partial charge in [-0.25, -0.2) is 9.59 Å². The van der Waals surface area contributed by atoms with Gasteiger partial charge in [-0.1, -0.05) is 75.8 Å². The second kappa shape index (κ2) is 12.4. The van der Waals surface area contributed by atoms with Crippen molar-refractivity contribution < 1.29 is 19.1 Å². The molecule has 0 spiro atoms. The Morgan fingerprint density at radius 3 is 2.38 bits per heavy atom. The van der Waals surface area contributed by atoms with Crippen molar-refractivity contribution in [3.05, 3.63) is 35.9 Å². The maximum Gasteiger partial charge on any atom is 0.408 e. The van der Waals surface area contributed by atoms with Crippen LogP contribution in [0, 0.1) is 0 Å². The minimum atomic E-state index is -0.649. The summed E-state index contributed by atoms with van der Waals surface area (Å²) in [5.41, 5.74) is 0.901. The first kappa shape index (κ1) is 20.0. The molecule has 0 heterocycles. The van der Waals surface area contributed by atoms with Crippen LogP contribution in [-0.4, -0.2) is 25.2 Å². The van der Waals surface area contributed by atoms with Gasteiger partial charge in [0.05, 0.1) is 7.11 Å². The first-order valence-corrected chi connectivity index (χ1v) is 8.72. The highest BCUT2D eigenvalue weighted by molar-refractivity contribution is 5.81. The second-order valence-corrected chi connectivity index (χ2v) is 5.84. The van der Waals surface area contributed by atoms with Gasteiger partial charge in [-0.2, -0.15) is 0 Å². The lowest BCUT2D eigenvalue weighted by Crippen LogP contribution is -2.41. The lowest BCUT2D eigenvalue weighted by atomic mass is 10.1. The Labute approximate surface area is 144 Å². The average Bonchev–Trinajstić information content (AvgIpc) is 2.62. The molecular formula is C19H29NO4. The number of carbonyl (C=O) groups is 2. The van der Waals surface area contributed by atoms with Crippen LogP contribution < -0.4 is 5.32 Å². The van der Waals surface area contributed by atoms with Gasteiger partial charge >= 0.3 is 12.1 Å². The number of nitrogens with one attached hydrogen (secondary N) is 1. The number of esters is 1. The van der Waals surface area contributed by atoms with E-state index in [1.165, 1.54) is 26.4 Å². The molecule has 1 atom stereocenters. The topological polar surface area (TPSA) is 64.6 Å². The van der Waals surface area contributed by atoms with E-state index < -0.39 is 18.1 Å². The number of methoxy groups -OCH3 is 1. The van der Waals surface area contributed by atoms with Gasteiger partial charge in [0.2, 0.25) is 0 Å². The second-order valence-electron chi connectivity index (χ2n) is 5.84. The summed E-state index contributed by atoms with van der Waals surface area (Å²) >= 11 is 0. The minimum Gasteiger partial charge on any atom is -0.467 e. The summed E-state index contributed by atoms with van der Waals surface area (Å²) in [6, 6.07) is 8.77. The summed E-state index contributed by atoms with van der Waals surface area (Å²) in [6.45, 7) is 2.36. The summed E-state index contributed by atoms with van der Waals surface area (Å²) in [5.74, 6) is -0.430. The fourth-order valence-corrected chi connectivity index (χ4v) is 2.43.